The predicted octanol–water partition coefficient (Wildman–Crippen LogP) is -1.43. The molecule has 6 heteroatoms. The number of aliphatic imine (C=N–C) groups is 1. The normalized spacial score (nSPS) is 38.9. The summed E-state index contributed by atoms with van der Waals surface area (Å²) in [6.45, 7) is -0.256. The number of nitrogens with two attached hydrogens (primary N) is 1. The fourth-order valence-electron chi connectivity index (χ4n) is 1.96. The maximum Gasteiger partial charge on any atom is 0.257 e. The maximum absolute atomic E-state index is 11.6. The van der Waals surface area contributed by atoms with E-state index in [0.717, 1.165) is 0 Å². The minimum absolute atomic E-state index is 0.179. The number of nitrogens with zero attached hydrogens (tertiary/aromatic N) is 1. The Kier molecular flexibility index (Phi) is 3.04. The summed E-state index contributed by atoms with van der Waals surface area (Å²) in [5.41, 5.74) is 5.38. The Balaban J connectivity index is 2.06. The van der Waals surface area contributed by atoms with Gasteiger partial charge in [-0.2, -0.15) is 4.99 Å². The zero-order valence-electron chi connectivity index (χ0n) is 8.61. The van der Waals surface area contributed by atoms with Crippen molar-refractivity contribution in [3.8, 4) is 0 Å². The van der Waals surface area contributed by atoms with Crippen molar-refractivity contribution in [1.82, 2.24) is 0 Å². The molecule has 2 rings (SSSR count). The Hall–Kier alpha value is -1.24. The number of amides is 1. The van der Waals surface area contributed by atoms with Crippen molar-refractivity contribution < 1.29 is 19.7 Å². The second-order valence-corrected chi connectivity index (χ2v) is 3.96. The van der Waals surface area contributed by atoms with Gasteiger partial charge in [0.25, 0.3) is 5.91 Å². The molecule has 1 saturated heterocycles. The summed E-state index contributed by atoms with van der Waals surface area (Å²) >= 11 is 0. The summed E-state index contributed by atoms with van der Waals surface area (Å²) in [7, 11) is 0. The van der Waals surface area contributed by atoms with Crippen LogP contribution in [-0.2, 0) is 9.53 Å². The van der Waals surface area contributed by atoms with E-state index in [2.05, 4.69) is 4.99 Å². The Labute approximate surface area is 92.4 Å². The van der Waals surface area contributed by atoms with E-state index in [4.69, 9.17) is 15.6 Å². The number of amidine groups is 1. The van der Waals surface area contributed by atoms with Gasteiger partial charge >= 0.3 is 0 Å². The highest BCUT2D eigenvalue weighted by atomic mass is 16.5. The van der Waals surface area contributed by atoms with E-state index in [0.29, 0.717) is 6.42 Å². The van der Waals surface area contributed by atoms with Gasteiger partial charge < -0.3 is 20.7 Å². The zero-order valence-corrected chi connectivity index (χ0v) is 8.61. The Morgan fingerprint density at radius 1 is 1.62 bits per heavy atom. The number of carbonyl (C=O) groups is 1. The van der Waals surface area contributed by atoms with Crippen molar-refractivity contribution in [2.45, 2.75) is 24.7 Å². The van der Waals surface area contributed by atoms with Crippen LogP contribution >= 0.6 is 0 Å². The third kappa shape index (κ3) is 1.99. The van der Waals surface area contributed by atoms with Crippen LogP contribution in [0.2, 0.25) is 0 Å². The van der Waals surface area contributed by atoms with E-state index in [9.17, 15) is 9.90 Å². The molecular formula is C10H14N2O4. The third-order valence-corrected chi connectivity index (χ3v) is 2.83. The van der Waals surface area contributed by atoms with E-state index in [-0.39, 0.29) is 18.3 Å². The first-order chi connectivity index (χ1) is 7.61. The highest BCUT2D eigenvalue weighted by molar-refractivity contribution is 6.04. The van der Waals surface area contributed by atoms with Gasteiger partial charge in [-0.15, -0.1) is 0 Å². The van der Waals surface area contributed by atoms with Crippen LogP contribution in [-0.4, -0.2) is 46.9 Å². The second-order valence-electron chi connectivity index (χ2n) is 3.96. The number of hydrogen-bond donors (Lipinski definition) is 3. The molecule has 0 radical (unpaired) electrons. The van der Waals surface area contributed by atoms with Gasteiger partial charge in [0.2, 0.25) is 0 Å². The summed E-state index contributed by atoms with van der Waals surface area (Å²) in [5.74, 6) is -0.701. The van der Waals surface area contributed by atoms with E-state index in [1.54, 1.807) is 12.2 Å². The molecule has 0 saturated carbocycles. The van der Waals surface area contributed by atoms with Crippen LogP contribution in [0.1, 0.15) is 6.42 Å². The summed E-state index contributed by atoms with van der Waals surface area (Å²) in [6.07, 6.45) is 1.71. The van der Waals surface area contributed by atoms with Crippen molar-refractivity contribution in [2.75, 3.05) is 6.61 Å². The first-order valence-corrected chi connectivity index (χ1v) is 5.12. The van der Waals surface area contributed by atoms with Gasteiger partial charge in [-0.3, -0.25) is 4.79 Å². The molecule has 6 nitrogen and oxygen atoms in total. The summed E-state index contributed by atoms with van der Waals surface area (Å²) < 4.78 is 5.39. The fourth-order valence-corrected chi connectivity index (χ4v) is 1.96. The van der Waals surface area contributed by atoms with Gasteiger partial charge in [0.05, 0.1) is 24.7 Å². The summed E-state index contributed by atoms with van der Waals surface area (Å²) in [6, 6.07) is 0. The first-order valence-electron chi connectivity index (χ1n) is 5.12. The van der Waals surface area contributed by atoms with E-state index in [1.807, 2.05) is 0 Å². The van der Waals surface area contributed by atoms with Crippen LogP contribution in [0.15, 0.2) is 17.1 Å². The molecule has 4 atom stereocenters. The Morgan fingerprint density at radius 3 is 2.94 bits per heavy atom. The first kappa shape index (κ1) is 11.3. The monoisotopic (exact) mass is 226 g/mol. The lowest BCUT2D eigenvalue weighted by Gasteiger charge is -2.19. The lowest BCUT2D eigenvalue weighted by atomic mass is 9.96. The smallest absolute Gasteiger partial charge is 0.257 e. The Bertz CT molecular complexity index is 353. The van der Waals surface area contributed by atoms with Gasteiger partial charge in [-0.05, 0) is 6.08 Å². The van der Waals surface area contributed by atoms with Crippen LogP contribution in [0.5, 0.6) is 0 Å². The number of hydrogen-bond acceptors (Lipinski definition) is 5. The topological polar surface area (TPSA) is 105 Å². The van der Waals surface area contributed by atoms with Gasteiger partial charge in [-0.25, -0.2) is 0 Å². The van der Waals surface area contributed by atoms with Crippen LogP contribution in [0.4, 0.5) is 0 Å². The molecule has 2 heterocycles. The average Bonchev–Trinajstić information content (AvgIpc) is 2.59. The molecule has 2 unspecified atom stereocenters. The van der Waals surface area contributed by atoms with Crippen LogP contribution in [0.25, 0.3) is 0 Å². The number of ether oxygens (including phenoxy) is 1. The largest absolute Gasteiger partial charge is 0.394 e. The standard InChI is InChI=1S/C10H14N2O4/c11-9-2-1-5(10(15)12-9)7-3-6(14)8(4-13)16-7/h1-2,5-8,13-14H,3-4H2,(H2,11,12,15)/t5?,6?,7-,8-/m0/s1. The van der Waals surface area contributed by atoms with Gasteiger partial charge in [-0.1, -0.05) is 6.08 Å². The minimum atomic E-state index is -0.737. The predicted molar refractivity (Wildman–Crippen MR) is 55.6 cm³/mol. The molecular weight excluding hydrogens is 212 g/mol. The van der Waals surface area contributed by atoms with Gasteiger partial charge in [0, 0.05) is 6.42 Å². The molecule has 4 N–H and O–H groups in total. The number of aliphatic hydroxyl groups excluding tert-OH is 2. The second kappa shape index (κ2) is 4.32. The average molecular weight is 226 g/mol. The molecule has 2 aliphatic heterocycles. The molecule has 16 heavy (non-hydrogen) atoms. The molecule has 1 amide bonds. The van der Waals surface area contributed by atoms with Gasteiger partial charge in [0.1, 0.15) is 11.9 Å². The quantitative estimate of drug-likeness (QED) is 0.535. The highest BCUT2D eigenvalue weighted by Crippen LogP contribution is 2.28. The van der Waals surface area contributed by atoms with Crippen molar-refractivity contribution in [2.24, 2.45) is 16.6 Å². The van der Waals surface area contributed by atoms with Crippen molar-refractivity contribution in [3.05, 3.63) is 12.2 Å². The van der Waals surface area contributed by atoms with Crippen LogP contribution in [0, 0.1) is 5.92 Å². The van der Waals surface area contributed by atoms with Gasteiger partial charge in [0.15, 0.2) is 0 Å². The third-order valence-electron chi connectivity index (χ3n) is 2.83. The van der Waals surface area contributed by atoms with E-state index >= 15 is 0 Å². The molecule has 1 fully saturated rings. The molecule has 0 spiro atoms. The Morgan fingerprint density at radius 2 is 2.38 bits per heavy atom. The van der Waals surface area contributed by atoms with E-state index < -0.39 is 24.2 Å². The number of carbonyl (C=O) groups excluding carboxylic acids is 1. The lowest BCUT2D eigenvalue weighted by molar-refractivity contribution is -0.125. The highest BCUT2D eigenvalue weighted by Gasteiger charge is 2.40. The van der Waals surface area contributed by atoms with Crippen LogP contribution < -0.4 is 5.73 Å². The number of aliphatic hydroxyl groups is 2. The van der Waals surface area contributed by atoms with Crippen molar-refractivity contribution in [1.29, 1.82) is 0 Å². The maximum atomic E-state index is 11.6. The fraction of sp³-hybridized carbons (Fsp3) is 0.600. The minimum Gasteiger partial charge on any atom is -0.394 e. The van der Waals surface area contributed by atoms with E-state index in [1.165, 1.54) is 0 Å². The van der Waals surface area contributed by atoms with Crippen LogP contribution in [0.3, 0.4) is 0 Å². The summed E-state index contributed by atoms with van der Waals surface area (Å²) in [4.78, 5) is 15.2. The zero-order chi connectivity index (χ0) is 11.7. The molecule has 88 valence electrons. The number of rotatable bonds is 2. The lowest BCUT2D eigenvalue weighted by Crippen LogP contribution is -2.31. The molecule has 2 aliphatic rings. The van der Waals surface area contributed by atoms with Crippen molar-refractivity contribution in [3.63, 3.8) is 0 Å². The van der Waals surface area contributed by atoms with Crippen molar-refractivity contribution >= 4 is 11.7 Å². The SMILES string of the molecule is NC1=NC(=O)C([C@@H]2CC(O)[C@H](CO)O2)C=C1. The molecule has 0 aromatic rings. The molecule has 0 aliphatic carbocycles. The molecule has 0 bridgehead atoms. The summed E-state index contributed by atoms with van der Waals surface area (Å²) in [5, 5.41) is 18.5. The molecule has 0 aromatic carbocycles. The molecule has 0 aromatic heterocycles. The number of dihydropyridines is 1.